The quantitative estimate of drug-likeness (QED) is 0.404. The van der Waals surface area contributed by atoms with Gasteiger partial charge < -0.3 is 4.89 Å². The Balaban J connectivity index is 2.60. The van der Waals surface area contributed by atoms with Crippen molar-refractivity contribution >= 4 is 8.96 Å². The van der Waals surface area contributed by atoms with Crippen molar-refractivity contribution in [2.45, 2.75) is 6.42 Å². The third-order valence-electron chi connectivity index (χ3n) is 0.441. The van der Waals surface area contributed by atoms with Crippen LogP contribution in [0.2, 0.25) is 0 Å². The molecule has 0 bridgehead atoms. The van der Waals surface area contributed by atoms with Gasteiger partial charge in [-0.3, -0.25) is 5.09 Å². The molecule has 0 amide bonds. The second-order valence-electron chi connectivity index (χ2n) is 0.947. The summed E-state index contributed by atoms with van der Waals surface area (Å²) >= 11 is 0. The molecule has 0 aliphatic carbocycles. The van der Waals surface area contributed by atoms with E-state index in [0.717, 1.165) is 0 Å². The van der Waals surface area contributed by atoms with Crippen molar-refractivity contribution in [3.8, 4) is 6.07 Å². The lowest BCUT2D eigenvalue weighted by Crippen LogP contribution is -2.00. The second-order valence-corrected chi connectivity index (χ2v) is 1.52. The van der Waals surface area contributed by atoms with Crippen LogP contribution in [-0.4, -0.2) is 11.4 Å². The van der Waals surface area contributed by atoms with Crippen LogP contribution < -0.4 is 5.09 Å². The minimum absolute atomic E-state index is 0.233. The first-order valence-corrected chi connectivity index (χ1v) is 2.85. The van der Waals surface area contributed by atoms with Crippen LogP contribution in [0, 0.1) is 11.3 Å². The van der Waals surface area contributed by atoms with Gasteiger partial charge in [0.05, 0.1) is 15.0 Å². The van der Waals surface area contributed by atoms with Crippen LogP contribution in [-0.2, 0) is 0 Å². The Morgan fingerprint density at radius 3 is 3.00 bits per heavy atom. The summed E-state index contributed by atoms with van der Waals surface area (Å²) in [6.45, 7) is 0.589. The maximum absolute atomic E-state index is 8.10. The summed E-state index contributed by atoms with van der Waals surface area (Å²) in [7, 11) is -0.233. The number of rotatable bonds is 3. The van der Waals surface area contributed by atoms with Crippen molar-refractivity contribution in [1.29, 1.82) is 5.26 Å². The molecule has 0 fully saturated rings. The lowest BCUT2D eigenvalue weighted by Gasteiger charge is -1.89. The normalized spacial score (nSPS) is 9.71. The summed E-state index contributed by atoms with van der Waals surface area (Å²) < 4.78 is 0. The molecular weight excluding hydrogens is 111 g/mol. The van der Waals surface area contributed by atoms with Crippen molar-refractivity contribution in [2.75, 3.05) is 6.54 Å². The van der Waals surface area contributed by atoms with Crippen molar-refractivity contribution in [2.24, 2.45) is 0 Å². The molecule has 0 saturated heterocycles. The summed E-state index contributed by atoms with van der Waals surface area (Å²) in [5.41, 5.74) is 0. The molecule has 1 unspecified atom stereocenters. The van der Waals surface area contributed by atoms with E-state index >= 15 is 0 Å². The molecule has 0 heterocycles. The smallest absolute Gasteiger partial charge is 0.0825 e. The Morgan fingerprint density at radius 1 is 1.86 bits per heavy atom. The van der Waals surface area contributed by atoms with Gasteiger partial charge in [-0.2, -0.15) is 5.26 Å². The minimum atomic E-state index is -0.233. The van der Waals surface area contributed by atoms with E-state index in [1.54, 1.807) is 0 Å². The Labute approximate surface area is 44.3 Å². The van der Waals surface area contributed by atoms with Crippen molar-refractivity contribution in [1.82, 2.24) is 5.09 Å². The summed E-state index contributed by atoms with van der Waals surface area (Å²) in [4.78, 5) is 8.10. The lowest BCUT2D eigenvalue weighted by molar-refractivity contribution is 0.629. The highest BCUT2D eigenvalue weighted by Gasteiger charge is 1.77. The highest BCUT2D eigenvalue weighted by atomic mass is 31.1. The average Bonchev–Trinajstić information content (AvgIpc) is 1.69. The van der Waals surface area contributed by atoms with Gasteiger partial charge in [0.1, 0.15) is 0 Å². The van der Waals surface area contributed by atoms with Crippen LogP contribution in [0.3, 0.4) is 0 Å². The van der Waals surface area contributed by atoms with Gasteiger partial charge >= 0.3 is 0 Å². The fraction of sp³-hybridized carbons (Fsp3) is 0.667. The van der Waals surface area contributed by atoms with Crippen LogP contribution in [0.5, 0.6) is 0 Å². The number of nitrogens with one attached hydrogen (secondary N) is 1. The first kappa shape index (κ1) is 6.84. The fourth-order valence-corrected chi connectivity index (χ4v) is 0.411. The van der Waals surface area contributed by atoms with Crippen molar-refractivity contribution in [3.05, 3.63) is 0 Å². The first-order valence-electron chi connectivity index (χ1n) is 1.90. The molecule has 3 nitrogen and oxygen atoms in total. The molecule has 4 heteroatoms. The average molecular weight is 118 g/mol. The molecular formula is C3H7N2OP. The predicted octanol–water partition coefficient (Wildman–Crippen LogP) is -0.00952. The molecule has 0 saturated carbocycles. The van der Waals surface area contributed by atoms with Gasteiger partial charge in [-0.15, -0.1) is 0 Å². The largest absolute Gasteiger partial charge is 0.361 e. The number of nitrogens with zero attached hydrogens (tertiary/aromatic N) is 1. The van der Waals surface area contributed by atoms with Crippen LogP contribution >= 0.6 is 8.96 Å². The number of nitriles is 1. The summed E-state index contributed by atoms with van der Waals surface area (Å²) in [5.74, 6) is 0. The van der Waals surface area contributed by atoms with E-state index in [-0.39, 0.29) is 8.96 Å². The standard InChI is InChI=1S/C3H7N2OP/c4-2-1-3-5-7-6/h5-7H,1,3H2. The van der Waals surface area contributed by atoms with E-state index in [4.69, 9.17) is 10.2 Å². The van der Waals surface area contributed by atoms with E-state index in [0.29, 0.717) is 13.0 Å². The number of hydrogen-bond donors (Lipinski definition) is 2. The van der Waals surface area contributed by atoms with E-state index in [2.05, 4.69) is 5.09 Å². The van der Waals surface area contributed by atoms with Crippen LogP contribution in [0.25, 0.3) is 0 Å². The van der Waals surface area contributed by atoms with Gasteiger partial charge in [-0.1, -0.05) is 0 Å². The molecule has 2 N–H and O–H groups in total. The van der Waals surface area contributed by atoms with Gasteiger partial charge in [-0.25, -0.2) is 0 Å². The Morgan fingerprint density at radius 2 is 2.57 bits per heavy atom. The zero-order chi connectivity index (χ0) is 5.54. The summed E-state index contributed by atoms with van der Waals surface area (Å²) in [6.07, 6.45) is 0.466. The topological polar surface area (TPSA) is 56.0 Å². The maximum atomic E-state index is 8.10. The van der Waals surface area contributed by atoms with Crippen molar-refractivity contribution in [3.63, 3.8) is 0 Å². The molecule has 0 aromatic heterocycles. The minimum Gasteiger partial charge on any atom is -0.361 e. The molecule has 40 valence electrons. The highest BCUT2D eigenvalue weighted by molar-refractivity contribution is 7.28. The molecule has 7 heavy (non-hydrogen) atoms. The monoisotopic (exact) mass is 118 g/mol. The Hall–Kier alpha value is -0.160. The van der Waals surface area contributed by atoms with E-state index in [1.807, 2.05) is 6.07 Å². The third-order valence-corrected chi connectivity index (χ3v) is 0.849. The summed E-state index contributed by atoms with van der Waals surface area (Å²) in [5, 5.41) is 10.5. The van der Waals surface area contributed by atoms with Gasteiger partial charge in [-0.05, 0) is 0 Å². The molecule has 0 aromatic carbocycles. The molecule has 0 rings (SSSR count). The highest BCUT2D eigenvalue weighted by Crippen LogP contribution is 1.89. The van der Waals surface area contributed by atoms with Crippen molar-refractivity contribution < 1.29 is 4.89 Å². The van der Waals surface area contributed by atoms with Gasteiger partial charge in [0.2, 0.25) is 0 Å². The molecule has 0 aliphatic heterocycles. The first-order chi connectivity index (χ1) is 3.41. The maximum Gasteiger partial charge on any atom is 0.0825 e. The van der Waals surface area contributed by atoms with E-state index < -0.39 is 0 Å². The predicted molar refractivity (Wildman–Crippen MR) is 28.8 cm³/mol. The molecule has 1 atom stereocenters. The Kier molecular flexibility index (Phi) is 5.71. The van der Waals surface area contributed by atoms with Gasteiger partial charge in [0.25, 0.3) is 0 Å². The lowest BCUT2D eigenvalue weighted by atomic mass is 10.5. The van der Waals surface area contributed by atoms with Crippen LogP contribution in [0.4, 0.5) is 0 Å². The zero-order valence-corrected chi connectivity index (χ0v) is 4.81. The molecule has 0 aliphatic rings. The fourth-order valence-electron chi connectivity index (χ4n) is 0.174. The Bertz CT molecular complexity index is 69.8. The van der Waals surface area contributed by atoms with Gasteiger partial charge in [0, 0.05) is 13.0 Å². The summed E-state index contributed by atoms with van der Waals surface area (Å²) in [6, 6.07) is 1.93. The molecule has 0 aromatic rings. The zero-order valence-electron chi connectivity index (χ0n) is 3.81. The van der Waals surface area contributed by atoms with Crippen LogP contribution in [0.15, 0.2) is 0 Å². The van der Waals surface area contributed by atoms with E-state index in [1.165, 1.54) is 0 Å². The van der Waals surface area contributed by atoms with Gasteiger partial charge in [0.15, 0.2) is 0 Å². The van der Waals surface area contributed by atoms with E-state index in [9.17, 15) is 0 Å². The second kappa shape index (κ2) is 5.84. The third kappa shape index (κ3) is 5.84. The SMILES string of the molecule is N#CCCNPO. The van der Waals surface area contributed by atoms with Crippen LogP contribution in [0.1, 0.15) is 6.42 Å². The number of hydrogen-bond acceptors (Lipinski definition) is 3. The molecule has 0 radical (unpaired) electrons. The molecule has 0 spiro atoms.